The molecule has 3 aromatic rings. The van der Waals surface area contributed by atoms with Crippen LogP contribution in [0, 0.1) is 13.8 Å². The van der Waals surface area contributed by atoms with Crippen LogP contribution in [0.4, 0.5) is 0 Å². The fraction of sp³-hybridized carbons (Fsp3) is 0.318. The Labute approximate surface area is 190 Å². The van der Waals surface area contributed by atoms with Gasteiger partial charge in [-0.3, -0.25) is 4.79 Å². The highest BCUT2D eigenvalue weighted by atomic mass is 32.2. The number of nitrogens with zero attached hydrogens (tertiary/aromatic N) is 2. The summed E-state index contributed by atoms with van der Waals surface area (Å²) in [5, 5.41) is 3.69. The van der Waals surface area contributed by atoms with Crippen LogP contribution in [0.3, 0.4) is 0 Å². The molecule has 0 saturated carbocycles. The summed E-state index contributed by atoms with van der Waals surface area (Å²) in [5.41, 5.74) is 3.23. The SMILES string of the molecule is Cc1ccc(OCc2csc(C(=O)N3CCN(S(=O)(=O)c4cccs4)CC3)c2)c(C)c1. The third kappa shape index (κ3) is 4.85. The van der Waals surface area contributed by atoms with Gasteiger partial charge < -0.3 is 9.64 Å². The Morgan fingerprint density at radius 1 is 1.06 bits per heavy atom. The molecule has 1 aliphatic rings. The van der Waals surface area contributed by atoms with E-state index in [-0.39, 0.29) is 5.91 Å². The van der Waals surface area contributed by atoms with Crippen molar-refractivity contribution in [2.75, 3.05) is 26.2 Å². The van der Waals surface area contributed by atoms with Crippen LogP contribution >= 0.6 is 22.7 Å². The molecule has 31 heavy (non-hydrogen) atoms. The van der Waals surface area contributed by atoms with Crippen molar-refractivity contribution in [3.05, 3.63) is 68.7 Å². The van der Waals surface area contributed by atoms with Gasteiger partial charge in [0.15, 0.2) is 0 Å². The lowest BCUT2D eigenvalue weighted by atomic mass is 10.1. The zero-order chi connectivity index (χ0) is 22.0. The van der Waals surface area contributed by atoms with E-state index in [1.54, 1.807) is 22.4 Å². The number of carbonyl (C=O) groups is 1. The predicted molar refractivity (Wildman–Crippen MR) is 124 cm³/mol. The minimum atomic E-state index is -3.47. The van der Waals surface area contributed by atoms with E-state index in [4.69, 9.17) is 4.74 Å². The molecule has 1 fully saturated rings. The van der Waals surface area contributed by atoms with Gasteiger partial charge in [-0.1, -0.05) is 23.8 Å². The Morgan fingerprint density at radius 2 is 1.84 bits per heavy atom. The summed E-state index contributed by atoms with van der Waals surface area (Å²) in [7, 11) is -3.47. The largest absolute Gasteiger partial charge is 0.489 e. The third-order valence-electron chi connectivity index (χ3n) is 5.20. The topological polar surface area (TPSA) is 66.9 Å². The van der Waals surface area contributed by atoms with Gasteiger partial charge in [-0.15, -0.1) is 22.7 Å². The molecule has 1 aromatic carbocycles. The summed E-state index contributed by atoms with van der Waals surface area (Å²) in [4.78, 5) is 15.3. The first-order chi connectivity index (χ1) is 14.8. The standard InChI is InChI=1S/C22H24N2O4S3/c1-16-5-6-19(17(2)12-16)28-14-18-13-20(30-15-18)22(25)23-7-9-24(10-8-23)31(26,27)21-4-3-11-29-21/h3-6,11-13,15H,7-10,14H2,1-2H3. The maximum atomic E-state index is 12.9. The molecule has 1 amide bonds. The normalized spacial score (nSPS) is 15.2. The van der Waals surface area contributed by atoms with Crippen LogP contribution in [-0.4, -0.2) is 49.7 Å². The highest BCUT2D eigenvalue weighted by Crippen LogP contribution is 2.25. The summed E-state index contributed by atoms with van der Waals surface area (Å²) in [5.74, 6) is 0.781. The van der Waals surface area contributed by atoms with Crippen LogP contribution in [0.5, 0.6) is 5.75 Å². The third-order valence-corrected chi connectivity index (χ3v) is 9.44. The molecule has 0 unspecified atom stereocenters. The lowest BCUT2D eigenvalue weighted by Gasteiger charge is -2.33. The van der Waals surface area contributed by atoms with Crippen LogP contribution in [0.25, 0.3) is 0 Å². The molecule has 4 rings (SSSR count). The minimum absolute atomic E-state index is 0.0593. The molecule has 0 bridgehead atoms. The molecule has 0 spiro atoms. The van der Waals surface area contributed by atoms with Gasteiger partial charge in [0.25, 0.3) is 15.9 Å². The van der Waals surface area contributed by atoms with Crippen molar-refractivity contribution >= 4 is 38.6 Å². The molecular weight excluding hydrogens is 452 g/mol. The second kappa shape index (κ2) is 9.12. The molecule has 6 nitrogen and oxygen atoms in total. The molecule has 0 N–H and O–H groups in total. The van der Waals surface area contributed by atoms with E-state index in [1.807, 2.05) is 37.4 Å². The summed E-state index contributed by atoms with van der Waals surface area (Å²) < 4.78 is 33.0. The maximum absolute atomic E-state index is 12.9. The predicted octanol–water partition coefficient (Wildman–Crippen LogP) is 4.15. The van der Waals surface area contributed by atoms with E-state index in [2.05, 4.69) is 6.07 Å². The summed E-state index contributed by atoms with van der Waals surface area (Å²) in [6, 6.07) is 11.3. The first-order valence-corrected chi connectivity index (χ1v) is 13.1. The Hall–Kier alpha value is -2.20. The van der Waals surface area contributed by atoms with Crippen molar-refractivity contribution in [3.63, 3.8) is 0 Å². The van der Waals surface area contributed by atoms with Crippen molar-refractivity contribution in [1.82, 2.24) is 9.21 Å². The van der Waals surface area contributed by atoms with E-state index in [9.17, 15) is 13.2 Å². The number of rotatable bonds is 6. The van der Waals surface area contributed by atoms with Crippen molar-refractivity contribution < 1.29 is 17.9 Å². The molecule has 1 aliphatic heterocycles. The molecule has 3 heterocycles. The average molecular weight is 477 g/mol. The van der Waals surface area contributed by atoms with Crippen LogP contribution < -0.4 is 4.74 Å². The highest BCUT2D eigenvalue weighted by Gasteiger charge is 2.31. The molecule has 0 aliphatic carbocycles. The van der Waals surface area contributed by atoms with Crippen molar-refractivity contribution in [2.24, 2.45) is 0 Å². The van der Waals surface area contributed by atoms with Gasteiger partial charge in [-0.25, -0.2) is 8.42 Å². The maximum Gasteiger partial charge on any atom is 0.264 e. The number of ether oxygens (including phenoxy) is 1. The van der Waals surface area contributed by atoms with Gasteiger partial charge in [0, 0.05) is 31.7 Å². The van der Waals surface area contributed by atoms with Gasteiger partial charge in [0.2, 0.25) is 0 Å². The van der Waals surface area contributed by atoms with Crippen molar-refractivity contribution in [2.45, 2.75) is 24.7 Å². The molecular formula is C22H24N2O4S3. The molecule has 2 aromatic heterocycles. The van der Waals surface area contributed by atoms with Crippen molar-refractivity contribution in [1.29, 1.82) is 0 Å². The average Bonchev–Trinajstić information content (AvgIpc) is 3.45. The van der Waals surface area contributed by atoms with Gasteiger partial charge in [0.05, 0.1) is 4.88 Å². The first kappa shape index (κ1) is 22.0. The second-order valence-corrected chi connectivity index (χ2v) is 11.5. The number of thiophene rings is 2. The lowest BCUT2D eigenvalue weighted by molar-refractivity contribution is 0.0703. The molecule has 0 atom stereocenters. The summed E-state index contributed by atoms with van der Waals surface area (Å²) in [6.45, 7) is 5.85. The number of carbonyl (C=O) groups excluding carboxylic acids is 1. The fourth-order valence-electron chi connectivity index (χ4n) is 3.51. The molecule has 164 valence electrons. The van der Waals surface area contributed by atoms with Crippen molar-refractivity contribution in [3.8, 4) is 5.75 Å². The fourth-order valence-corrected chi connectivity index (χ4v) is 6.94. The van der Waals surface area contributed by atoms with Gasteiger partial charge in [-0.2, -0.15) is 4.31 Å². The lowest BCUT2D eigenvalue weighted by Crippen LogP contribution is -2.50. The summed E-state index contributed by atoms with van der Waals surface area (Å²) >= 11 is 2.61. The Bertz CT molecular complexity index is 1160. The number of sulfonamides is 1. The smallest absolute Gasteiger partial charge is 0.264 e. The minimum Gasteiger partial charge on any atom is -0.489 e. The van der Waals surface area contributed by atoms with Crippen LogP contribution in [-0.2, 0) is 16.6 Å². The number of hydrogen-bond acceptors (Lipinski definition) is 6. The van der Waals surface area contributed by atoms with E-state index in [0.29, 0.717) is 41.9 Å². The van der Waals surface area contributed by atoms with Gasteiger partial charge >= 0.3 is 0 Å². The number of piperazine rings is 1. The van der Waals surface area contributed by atoms with Crippen LogP contribution in [0.15, 0.2) is 51.4 Å². The zero-order valence-corrected chi connectivity index (χ0v) is 19.9. The van der Waals surface area contributed by atoms with Gasteiger partial charge in [-0.05, 0) is 48.4 Å². The summed E-state index contributed by atoms with van der Waals surface area (Å²) in [6.07, 6.45) is 0. The van der Waals surface area contributed by atoms with E-state index in [1.165, 1.54) is 32.5 Å². The van der Waals surface area contributed by atoms with E-state index >= 15 is 0 Å². The van der Waals surface area contributed by atoms with Gasteiger partial charge in [0.1, 0.15) is 16.6 Å². The number of amides is 1. The highest BCUT2D eigenvalue weighted by molar-refractivity contribution is 7.91. The quantitative estimate of drug-likeness (QED) is 0.536. The Morgan fingerprint density at radius 3 is 2.52 bits per heavy atom. The zero-order valence-electron chi connectivity index (χ0n) is 17.4. The molecule has 9 heteroatoms. The number of benzene rings is 1. The second-order valence-electron chi connectivity index (χ2n) is 7.51. The Balaban J connectivity index is 1.34. The first-order valence-electron chi connectivity index (χ1n) is 9.95. The van der Waals surface area contributed by atoms with E-state index in [0.717, 1.165) is 16.9 Å². The van der Waals surface area contributed by atoms with Crippen LogP contribution in [0.2, 0.25) is 0 Å². The molecule has 0 radical (unpaired) electrons. The Kier molecular flexibility index (Phi) is 6.47. The van der Waals surface area contributed by atoms with Crippen LogP contribution in [0.1, 0.15) is 26.4 Å². The molecule has 1 saturated heterocycles. The van der Waals surface area contributed by atoms with E-state index < -0.39 is 10.0 Å². The number of aryl methyl sites for hydroxylation is 2. The number of hydrogen-bond donors (Lipinski definition) is 0. The monoisotopic (exact) mass is 476 g/mol.